The number of carbonyl (C=O) groups excluding carboxylic acids is 1. The monoisotopic (exact) mass is 446 g/mol. The van der Waals surface area contributed by atoms with E-state index in [1.54, 1.807) is 6.07 Å². The van der Waals surface area contributed by atoms with Crippen molar-refractivity contribution in [3.05, 3.63) is 66.6 Å². The second kappa shape index (κ2) is 10.3. The van der Waals surface area contributed by atoms with Crippen molar-refractivity contribution in [2.75, 3.05) is 25.5 Å². The summed E-state index contributed by atoms with van der Waals surface area (Å²) in [6.45, 7) is 3.46. The van der Waals surface area contributed by atoms with Crippen LogP contribution in [-0.4, -0.2) is 51.3 Å². The van der Waals surface area contributed by atoms with Gasteiger partial charge in [0.05, 0.1) is 17.4 Å². The van der Waals surface area contributed by atoms with Gasteiger partial charge >= 0.3 is 0 Å². The van der Waals surface area contributed by atoms with Crippen LogP contribution < -0.4 is 5.32 Å². The number of hydrogen-bond acceptors (Lipinski definition) is 6. The summed E-state index contributed by atoms with van der Waals surface area (Å²) in [5.41, 5.74) is 3.38. The third kappa shape index (κ3) is 5.40. The lowest BCUT2D eigenvalue weighted by atomic mass is 9.97. The van der Waals surface area contributed by atoms with Crippen LogP contribution in [0.5, 0.6) is 0 Å². The van der Waals surface area contributed by atoms with Gasteiger partial charge in [0, 0.05) is 47.6 Å². The quantitative estimate of drug-likeness (QED) is 0.433. The highest BCUT2D eigenvalue weighted by Crippen LogP contribution is 2.31. The summed E-state index contributed by atoms with van der Waals surface area (Å²) in [7, 11) is 2.13. The van der Waals surface area contributed by atoms with Gasteiger partial charge in [0.1, 0.15) is 23.7 Å². The molecule has 1 fully saturated rings. The second-order valence-electron chi connectivity index (χ2n) is 8.10. The molecule has 1 aliphatic heterocycles. The zero-order valence-electron chi connectivity index (χ0n) is 18.8. The zero-order valence-corrected chi connectivity index (χ0v) is 18.8. The first-order valence-electron chi connectivity index (χ1n) is 11.0. The van der Waals surface area contributed by atoms with Crippen molar-refractivity contribution in [1.29, 1.82) is 0 Å². The molecule has 3 aromatic heterocycles. The van der Waals surface area contributed by atoms with E-state index in [4.69, 9.17) is 14.8 Å². The van der Waals surface area contributed by atoms with Crippen molar-refractivity contribution in [3.8, 4) is 11.3 Å². The number of piperidine rings is 1. The summed E-state index contributed by atoms with van der Waals surface area (Å²) in [6.07, 6.45) is 8.47. The molecule has 0 aliphatic carbocycles. The fraction of sp³-hybridized carbons (Fsp3) is 0.280. The summed E-state index contributed by atoms with van der Waals surface area (Å²) in [5.74, 6) is 1.44. The Kier molecular flexibility index (Phi) is 7.04. The Morgan fingerprint density at radius 1 is 1.21 bits per heavy atom. The van der Waals surface area contributed by atoms with Crippen molar-refractivity contribution in [1.82, 2.24) is 24.8 Å². The standard InChI is InChI=1S/C23H23FN6.C2H4O/c1-30-9-3-4-15(14-30)23-28-20(19-12-25-13-21-18(19)7-8-26-21)11-22(29-23)27-17-6-2-5-16(24)10-17;1-2-3/h2,5-8,10-13,15,26H,3-4,9,14H2,1H3,(H,27,28,29);2H,1H3. The number of halogens is 1. The van der Waals surface area contributed by atoms with Gasteiger partial charge in [-0.05, 0) is 57.6 Å². The highest BCUT2D eigenvalue weighted by Gasteiger charge is 2.23. The Morgan fingerprint density at radius 3 is 2.85 bits per heavy atom. The Labute approximate surface area is 192 Å². The molecule has 0 amide bonds. The molecule has 170 valence electrons. The van der Waals surface area contributed by atoms with E-state index in [9.17, 15) is 4.39 Å². The van der Waals surface area contributed by atoms with Crippen molar-refractivity contribution in [2.24, 2.45) is 0 Å². The minimum absolute atomic E-state index is 0.259. The second-order valence-corrected chi connectivity index (χ2v) is 8.10. The molecule has 0 spiro atoms. The molecule has 1 aromatic carbocycles. The summed E-state index contributed by atoms with van der Waals surface area (Å²) in [5, 5.41) is 4.32. The van der Waals surface area contributed by atoms with Gasteiger partial charge in [0.25, 0.3) is 0 Å². The van der Waals surface area contributed by atoms with Crippen molar-refractivity contribution < 1.29 is 9.18 Å². The number of carbonyl (C=O) groups is 1. The average molecular weight is 447 g/mol. The van der Waals surface area contributed by atoms with Gasteiger partial charge in [-0.1, -0.05) is 6.07 Å². The fourth-order valence-corrected chi connectivity index (χ4v) is 4.13. The molecule has 8 heteroatoms. The number of aldehydes is 1. The fourth-order valence-electron chi connectivity index (χ4n) is 4.13. The first kappa shape index (κ1) is 22.5. The van der Waals surface area contributed by atoms with E-state index in [2.05, 4.69) is 27.2 Å². The predicted molar refractivity (Wildman–Crippen MR) is 128 cm³/mol. The van der Waals surface area contributed by atoms with E-state index < -0.39 is 0 Å². The maximum absolute atomic E-state index is 13.7. The van der Waals surface area contributed by atoms with E-state index in [1.165, 1.54) is 19.1 Å². The molecule has 5 rings (SSSR count). The van der Waals surface area contributed by atoms with Crippen molar-refractivity contribution >= 4 is 28.7 Å². The van der Waals surface area contributed by atoms with Crippen LogP contribution in [0.4, 0.5) is 15.9 Å². The number of rotatable bonds is 4. The smallest absolute Gasteiger partial charge is 0.135 e. The molecule has 1 aliphatic rings. The minimum atomic E-state index is -0.287. The lowest BCUT2D eigenvalue weighted by Crippen LogP contribution is -2.31. The van der Waals surface area contributed by atoms with Gasteiger partial charge in [-0.15, -0.1) is 0 Å². The predicted octanol–water partition coefficient (Wildman–Crippen LogP) is 4.92. The number of H-pyrrole nitrogens is 1. The van der Waals surface area contributed by atoms with Gasteiger partial charge in [0.15, 0.2) is 0 Å². The Balaban J connectivity index is 0.000000821. The normalized spacial score (nSPS) is 16.2. The molecule has 1 atom stereocenters. The molecule has 0 saturated carbocycles. The van der Waals surface area contributed by atoms with E-state index in [1.807, 2.05) is 36.8 Å². The van der Waals surface area contributed by atoms with Crippen LogP contribution in [0.25, 0.3) is 22.2 Å². The first-order chi connectivity index (χ1) is 16.1. The van der Waals surface area contributed by atoms with Gasteiger partial charge < -0.3 is 20.0 Å². The molecule has 4 heterocycles. The van der Waals surface area contributed by atoms with Gasteiger partial charge in [-0.2, -0.15) is 0 Å². The van der Waals surface area contributed by atoms with Crippen LogP contribution >= 0.6 is 0 Å². The minimum Gasteiger partial charge on any atom is -0.360 e. The molecule has 0 radical (unpaired) electrons. The van der Waals surface area contributed by atoms with Crippen molar-refractivity contribution in [3.63, 3.8) is 0 Å². The van der Waals surface area contributed by atoms with Crippen LogP contribution in [0, 0.1) is 5.82 Å². The van der Waals surface area contributed by atoms with Crippen LogP contribution in [0.2, 0.25) is 0 Å². The molecular weight excluding hydrogens is 419 g/mol. The number of hydrogen-bond donors (Lipinski definition) is 2. The highest BCUT2D eigenvalue weighted by atomic mass is 19.1. The molecule has 1 saturated heterocycles. The van der Waals surface area contributed by atoms with Crippen LogP contribution in [0.15, 0.2) is 55.0 Å². The molecule has 33 heavy (non-hydrogen) atoms. The highest BCUT2D eigenvalue weighted by molar-refractivity contribution is 5.93. The number of nitrogens with zero attached hydrogens (tertiary/aromatic N) is 4. The van der Waals surface area contributed by atoms with Crippen LogP contribution in [0.3, 0.4) is 0 Å². The van der Waals surface area contributed by atoms with Crippen LogP contribution in [-0.2, 0) is 4.79 Å². The largest absolute Gasteiger partial charge is 0.360 e. The van der Waals surface area contributed by atoms with Gasteiger partial charge in [-0.3, -0.25) is 4.98 Å². The molecule has 0 bridgehead atoms. The Hall–Kier alpha value is -3.65. The first-order valence-corrected chi connectivity index (χ1v) is 11.0. The number of benzene rings is 1. The third-order valence-electron chi connectivity index (χ3n) is 5.58. The molecule has 2 N–H and O–H groups in total. The third-order valence-corrected chi connectivity index (χ3v) is 5.58. The number of nitrogens with one attached hydrogen (secondary N) is 2. The molecule has 1 unspecified atom stereocenters. The number of pyridine rings is 1. The summed E-state index contributed by atoms with van der Waals surface area (Å²) in [4.78, 5) is 28.5. The Morgan fingerprint density at radius 2 is 2.06 bits per heavy atom. The number of likely N-dealkylation sites (tertiary alicyclic amines) is 1. The topological polar surface area (TPSA) is 86.8 Å². The number of aromatic amines is 1. The zero-order chi connectivity index (χ0) is 23.2. The van der Waals surface area contributed by atoms with E-state index in [0.717, 1.165) is 60.2 Å². The van der Waals surface area contributed by atoms with E-state index in [0.29, 0.717) is 11.5 Å². The molecular formula is C25H27FN6O. The summed E-state index contributed by atoms with van der Waals surface area (Å²) < 4.78 is 13.7. The maximum atomic E-state index is 13.7. The lowest BCUT2D eigenvalue weighted by molar-refractivity contribution is -0.106. The number of aromatic nitrogens is 4. The van der Waals surface area contributed by atoms with Crippen molar-refractivity contribution in [2.45, 2.75) is 25.7 Å². The summed E-state index contributed by atoms with van der Waals surface area (Å²) >= 11 is 0. The lowest BCUT2D eigenvalue weighted by Gasteiger charge is -2.29. The van der Waals surface area contributed by atoms with Gasteiger partial charge in [0.2, 0.25) is 0 Å². The van der Waals surface area contributed by atoms with Crippen LogP contribution in [0.1, 0.15) is 31.5 Å². The maximum Gasteiger partial charge on any atom is 0.135 e. The summed E-state index contributed by atoms with van der Waals surface area (Å²) in [6, 6.07) is 10.3. The number of fused-ring (bicyclic) bond motifs is 1. The number of likely N-dealkylation sites (N-methyl/N-ethyl adjacent to an activating group) is 1. The average Bonchev–Trinajstić information content (AvgIpc) is 3.28. The van der Waals surface area contributed by atoms with E-state index in [-0.39, 0.29) is 11.7 Å². The SMILES string of the molecule is CC=O.CN1CCCC(c2nc(Nc3cccc(F)c3)cc(-c3cncc4[nH]ccc34)n2)C1. The number of anilines is 2. The van der Waals surface area contributed by atoms with Gasteiger partial charge in [-0.25, -0.2) is 14.4 Å². The Bertz CT molecular complexity index is 1240. The molecule has 7 nitrogen and oxygen atoms in total. The molecule has 4 aromatic rings. The van der Waals surface area contributed by atoms with E-state index >= 15 is 0 Å².